The summed E-state index contributed by atoms with van der Waals surface area (Å²) in [6, 6.07) is 0. The minimum Gasteiger partial charge on any atom is -0.247 e. The second-order valence-electron chi connectivity index (χ2n) is 4.62. The van der Waals surface area contributed by atoms with Crippen LogP contribution < -0.4 is 17.1 Å². The maximum Gasteiger partial charge on any atom is 0.338 e. The van der Waals surface area contributed by atoms with Crippen LogP contribution in [0, 0.1) is 0 Å². The first-order valence-electron chi connectivity index (χ1n) is 6.85. The Kier molecular flexibility index (Phi) is 6.73. The second-order valence-corrected chi connectivity index (χ2v) is 6.41. The SMILES string of the molecule is CCC(S)n1c(=O)n(C(S)CC)c(=O)n(C(S)CC)c1=O. The number of hydrogen-bond acceptors (Lipinski definition) is 6. The van der Waals surface area contributed by atoms with E-state index < -0.39 is 33.2 Å². The topological polar surface area (TPSA) is 66.0 Å². The molecule has 0 radical (unpaired) electrons. The molecule has 0 N–H and O–H groups in total. The van der Waals surface area contributed by atoms with Gasteiger partial charge in [0, 0.05) is 0 Å². The average Bonchev–Trinajstić information content (AvgIpc) is 2.46. The molecule has 0 aliphatic rings. The van der Waals surface area contributed by atoms with Gasteiger partial charge in [0.1, 0.15) is 0 Å². The molecule has 6 nitrogen and oxygen atoms in total. The minimum absolute atomic E-state index is 0.475. The van der Waals surface area contributed by atoms with Gasteiger partial charge in [0.15, 0.2) is 0 Å². The molecule has 1 rings (SSSR count). The van der Waals surface area contributed by atoms with Crippen molar-refractivity contribution in [2.24, 2.45) is 0 Å². The van der Waals surface area contributed by atoms with Gasteiger partial charge in [-0.3, -0.25) is 0 Å². The van der Waals surface area contributed by atoms with E-state index in [1.807, 2.05) is 0 Å². The molecule has 1 aromatic heterocycles. The van der Waals surface area contributed by atoms with Crippen LogP contribution in [-0.2, 0) is 0 Å². The molecule has 0 saturated carbocycles. The highest BCUT2D eigenvalue weighted by atomic mass is 32.1. The average molecular weight is 352 g/mol. The van der Waals surface area contributed by atoms with Crippen LogP contribution in [0.25, 0.3) is 0 Å². The predicted molar refractivity (Wildman–Crippen MR) is 94.2 cm³/mol. The lowest BCUT2D eigenvalue weighted by Crippen LogP contribution is -2.55. The molecule has 0 bridgehead atoms. The second kappa shape index (κ2) is 7.64. The van der Waals surface area contributed by atoms with Gasteiger partial charge in [0.05, 0.1) is 16.1 Å². The Labute approximate surface area is 139 Å². The molecule has 0 fully saturated rings. The van der Waals surface area contributed by atoms with E-state index in [1.54, 1.807) is 20.8 Å². The van der Waals surface area contributed by atoms with Crippen molar-refractivity contribution in [2.45, 2.75) is 56.2 Å². The van der Waals surface area contributed by atoms with Crippen molar-refractivity contribution in [1.82, 2.24) is 13.7 Å². The fourth-order valence-electron chi connectivity index (χ4n) is 1.91. The van der Waals surface area contributed by atoms with E-state index in [0.29, 0.717) is 19.3 Å². The van der Waals surface area contributed by atoms with Crippen LogP contribution in [0.5, 0.6) is 0 Å². The molecule has 21 heavy (non-hydrogen) atoms. The van der Waals surface area contributed by atoms with Crippen molar-refractivity contribution in [2.75, 3.05) is 0 Å². The van der Waals surface area contributed by atoms with E-state index in [4.69, 9.17) is 0 Å². The van der Waals surface area contributed by atoms with Gasteiger partial charge in [-0.15, -0.1) is 0 Å². The smallest absolute Gasteiger partial charge is 0.247 e. The molecule has 0 aliphatic heterocycles. The van der Waals surface area contributed by atoms with Gasteiger partial charge in [-0.05, 0) is 19.3 Å². The molecule has 0 saturated heterocycles. The number of rotatable bonds is 6. The molecule has 3 unspecified atom stereocenters. The fourth-order valence-corrected chi connectivity index (χ4v) is 2.50. The van der Waals surface area contributed by atoms with Gasteiger partial charge < -0.3 is 0 Å². The van der Waals surface area contributed by atoms with Gasteiger partial charge in [0.2, 0.25) is 0 Å². The highest BCUT2D eigenvalue weighted by Gasteiger charge is 2.23. The lowest BCUT2D eigenvalue weighted by Gasteiger charge is -2.21. The van der Waals surface area contributed by atoms with Crippen LogP contribution >= 0.6 is 37.9 Å². The van der Waals surface area contributed by atoms with Gasteiger partial charge in [-0.1, -0.05) is 20.8 Å². The summed E-state index contributed by atoms with van der Waals surface area (Å²) in [5.74, 6) is 0. The lowest BCUT2D eigenvalue weighted by molar-refractivity contribution is 0.427. The number of thiol groups is 3. The summed E-state index contributed by atoms with van der Waals surface area (Å²) in [7, 11) is 0. The Morgan fingerprint density at radius 3 is 1.00 bits per heavy atom. The van der Waals surface area contributed by atoms with Crippen LogP contribution in [0.3, 0.4) is 0 Å². The predicted octanol–water partition coefficient (Wildman–Crippen LogP) is 1.69. The number of hydrogen-bond donors (Lipinski definition) is 3. The first kappa shape index (κ1) is 18.5. The largest absolute Gasteiger partial charge is 0.338 e. The van der Waals surface area contributed by atoms with Gasteiger partial charge >= 0.3 is 17.1 Å². The third-order valence-electron chi connectivity index (χ3n) is 3.23. The Balaban J connectivity index is 3.89. The normalized spacial score (nSPS) is 15.7. The molecule has 0 aliphatic carbocycles. The van der Waals surface area contributed by atoms with Crippen molar-refractivity contribution in [3.8, 4) is 0 Å². The first-order chi connectivity index (χ1) is 9.81. The summed E-state index contributed by atoms with van der Waals surface area (Å²) in [6.07, 6.45) is 1.43. The van der Waals surface area contributed by atoms with E-state index in [0.717, 1.165) is 13.7 Å². The fraction of sp³-hybridized carbons (Fsp3) is 0.750. The van der Waals surface area contributed by atoms with E-state index in [2.05, 4.69) is 37.9 Å². The van der Waals surface area contributed by atoms with Crippen molar-refractivity contribution < 1.29 is 0 Å². The van der Waals surface area contributed by atoms with Gasteiger partial charge in [-0.25, -0.2) is 28.1 Å². The van der Waals surface area contributed by atoms with Crippen LogP contribution in [0.2, 0.25) is 0 Å². The maximum absolute atomic E-state index is 12.5. The van der Waals surface area contributed by atoms with Crippen molar-refractivity contribution >= 4 is 37.9 Å². The number of aromatic nitrogens is 3. The van der Waals surface area contributed by atoms with Crippen LogP contribution in [0.4, 0.5) is 0 Å². The van der Waals surface area contributed by atoms with Crippen LogP contribution in [-0.4, -0.2) is 13.7 Å². The summed E-state index contributed by atoms with van der Waals surface area (Å²) in [5, 5.41) is -1.80. The molecule has 120 valence electrons. The minimum atomic E-state index is -0.679. The quantitative estimate of drug-likeness (QED) is 0.683. The molecule has 0 aromatic carbocycles. The van der Waals surface area contributed by atoms with E-state index >= 15 is 0 Å². The Hall–Kier alpha value is -0.540. The summed E-state index contributed by atoms with van der Waals surface area (Å²) in [4.78, 5) is 37.4. The molecule has 9 heteroatoms. The van der Waals surface area contributed by atoms with E-state index in [1.165, 1.54) is 0 Å². The van der Waals surface area contributed by atoms with E-state index in [-0.39, 0.29) is 0 Å². The van der Waals surface area contributed by atoms with Crippen molar-refractivity contribution in [3.05, 3.63) is 31.5 Å². The Morgan fingerprint density at radius 2 is 0.857 bits per heavy atom. The number of nitrogens with zero attached hydrogens (tertiary/aromatic N) is 3. The van der Waals surface area contributed by atoms with Crippen LogP contribution in [0.15, 0.2) is 14.4 Å². The molecular formula is C12H21N3O3S3. The summed E-state index contributed by atoms with van der Waals surface area (Å²) in [6.45, 7) is 5.41. The summed E-state index contributed by atoms with van der Waals surface area (Å²) >= 11 is 12.8. The molecular weight excluding hydrogens is 330 g/mol. The maximum atomic E-state index is 12.5. The van der Waals surface area contributed by atoms with Gasteiger partial charge in [0.25, 0.3) is 0 Å². The zero-order chi connectivity index (χ0) is 16.3. The zero-order valence-corrected chi connectivity index (χ0v) is 14.9. The Bertz CT molecular complexity index is 544. The molecule has 1 heterocycles. The molecule has 0 spiro atoms. The monoisotopic (exact) mass is 351 g/mol. The summed E-state index contributed by atoms with van der Waals surface area (Å²) < 4.78 is 2.97. The van der Waals surface area contributed by atoms with Crippen molar-refractivity contribution in [3.63, 3.8) is 0 Å². The van der Waals surface area contributed by atoms with E-state index in [9.17, 15) is 14.4 Å². The highest BCUT2D eigenvalue weighted by molar-refractivity contribution is 7.80. The molecule has 1 aromatic rings. The Morgan fingerprint density at radius 1 is 0.667 bits per heavy atom. The van der Waals surface area contributed by atoms with Crippen LogP contribution in [0.1, 0.15) is 56.2 Å². The lowest BCUT2D eigenvalue weighted by atomic mass is 10.4. The molecule has 3 atom stereocenters. The third-order valence-corrected chi connectivity index (χ3v) is 5.01. The summed E-state index contributed by atoms with van der Waals surface area (Å²) in [5.41, 5.74) is -2.04. The van der Waals surface area contributed by atoms with Gasteiger partial charge in [-0.2, -0.15) is 37.9 Å². The first-order valence-corrected chi connectivity index (χ1v) is 8.40. The standard InChI is InChI=1S/C12H21N3O3S3/c1-4-7(19)13-10(16)14(8(20)5-2)12(18)15(11(13)17)9(21)6-3/h7-9,19-21H,4-6H2,1-3H3. The highest BCUT2D eigenvalue weighted by Crippen LogP contribution is 2.15. The molecule has 0 amide bonds. The van der Waals surface area contributed by atoms with Crippen molar-refractivity contribution in [1.29, 1.82) is 0 Å². The zero-order valence-electron chi connectivity index (χ0n) is 12.3. The third kappa shape index (κ3) is 3.45.